The van der Waals surface area contributed by atoms with Crippen LogP contribution >= 0.6 is 0 Å². The Kier molecular flexibility index (Phi) is 7.60. The first-order valence-corrected chi connectivity index (χ1v) is 11.4. The molecular formula is C29H27N3O4. The Bertz CT molecular complexity index is 1380. The van der Waals surface area contributed by atoms with Crippen molar-refractivity contribution in [3.05, 3.63) is 119 Å². The van der Waals surface area contributed by atoms with Crippen LogP contribution in [0.4, 0.5) is 0 Å². The van der Waals surface area contributed by atoms with Gasteiger partial charge in [-0.2, -0.15) is 5.10 Å². The third-order valence-corrected chi connectivity index (χ3v) is 5.66. The zero-order valence-corrected chi connectivity index (χ0v) is 20.4. The second-order valence-corrected chi connectivity index (χ2v) is 8.25. The summed E-state index contributed by atoms with van der Waals surface area (Å²) in [7, 11) is 1.35. The van der Waals surface area contributed by atoms with E-state index in [0.29, 0.717) is 23.5 Å². The molecule has 36 heavy (non-hydrogen) atoms. The molecule has 0 atom stereocenters. The number of rotatable bonds is 8. The summed E-state index contributed by atoms with van der Waals surface area (Å²) in [4.78, 5) is 24.2. The fourth-order valence-corrected chi connectivity index (χ4v) is 3.80. The standard InChI is InChI=1S/C29H27N3O4/c1-20-10-11-21(2)32(20)26-8-5-7-25(17-26)28(33)31-30-18-23-6-4-9-27(16-23)36-19-22-12-14-24(15-13-22)29(34)35-3/h4-18H,19H2,1-3H3,(H,31,33). The minimum atomic E-state index is -0.375. The number of ether oxygens (including phenoxy) is 2. The molecule has 0 fully saturated rings. The maximum Gasteiger partial charge on any atom is 0.337 e. The topological polar surface area (TPSA) is 81.9 Å². The molecule has 0 bridgehead atoms. The number of aryl methyl sites for hydroxylation is 2. The van der Waals surface area contributed by atoms with E-state index in [2.05, 4.69) is 15.1 Å². The van der Waals surface area contributed by atoms with E-state index in [0.717, 1.165) is 28.2 Å². The Hall–Kier alpha value is -4.65. The molecule has 0 unspecified atom stereocenters. The Morgan fingerprint density at radius 1 is 0.889 bits per heavy atom. The first-order valence-electron chi connectivity index (χ1n) is 11.4. The summed E-state index contributed by atoms with van der Waals surface area (Å²) in [5.41, 5.74) is 8.42. The van der Waals surface area contributed by atoms with Crippen molar-refractivity contribution in [1.29, 1.82) is 0 Å². The molecule has 1 aromatic heterocycles. The van der Waals surface area contributed by atoms with Crippen molar-refractivity contribution in [1.82, 2.24) is 9.99 Å². The lowest BCUT2D eigenvalue weighted by molar-refractivity contribution is 0.0600. The first-order chi connectivity index (χ1) is 17.4. The van der Waals surface area contributed by atoms with E-state index in [9.17, 15) is 9.59 Å². The summed E-state index contributed by atoms with van der Waals surface area (Å²) in [6.45, 7) is 4.40. The quantitative estimate of drug-likeness (QED) is 0.212. The van der Waals surface area contributed by atoms with Crippen LogP contribution in [0.25, 0.3) is 5.69 Å². The van der Waals surface area contributed by atoms with Crippen molar-refractivity contribution < 1.29 is 19.1 Å². The third kappa shape index (κ3) is 5.88. The van der Waals surface area contributed by atoms with Gasteiger partial charge < -0.3 is 14.0 Å². The SMILES string of the molecule is COC(=O)c1ccc(COc2cccc(C=NNC(=O)c3cccc(-n4c(C)ccc4C)c3)c2)cc1. The molecule has 3 aromatic carbocycles. The molecule has 1 N–H and O–H groups in total. The molecular weight excluding hydrogens is 454 g/mol. The average molecular weight is 482 g/mol. The molecule has 0 radical (unpaired) electrons. The van der Waals surface area contributed by atoms with Crippen molar-refractivity contribution in [2.45, 2.75) is 20.5 Å². The van der Waals surface area contributed by atoms with Crippen LogP contribution in [0.1, 0.15) is 43.2 Å². The zero-order chi connectivity index (χ0) is 25.5. The van der Waals surface area contributed by atoms with Gasteiger partial charge in [-0.1, -0.05) is 30.3 Å². The third-order valence-electron chi connectivity index (χ3n) is 5.66. The molecule has 182 valence electrons. The van der Waals surface area contributed by atoms with Gasteiger partial charge in [0.15, 0.2) is 0 Å². The summed E-state index contributed by atoms with van der Waals surface area (Å²) in [6.07, 6.45) is 1.57. The van der Waals surface area contributed by atoms with Gasteiger partial charge in [-0.3, -0.25) is 4.79 Å². The Morgan fingerprint density at radius 3 is 2.33 bits per heavy atom. The lowest BCUT2D eigenvalue weighted by atomic mass is 10.1. The number of hydrogen-bond acceptors (Lipinski definition) is 5. The highest BCUT2D eigenvalue weighted by atomic mass is 16.5. The summed E-state index contributed by atoms with van der Waals surface area (Å²) >= 11 is 0. The van der Waals surface area contributed by atoms with E-state index in [4.69, 9.17) is 9.47 Å². The summed E-state index contributed by atoms with van der Waals surface area (Å²) < 4.78 is 12.7. The number of hydrogen-bond donors (Lipinski definition) is 1. The van der Waals surface area contributed by atoms with Crippen LogP contribution in [0.3, 0.4) is 0 Å². The van der Waals surface area contributed by atoms with Crippen LogP contribution < -0.4 is 10.2 Å². The van der Waals surface area contributed by atoms with Gasteiger partial charge in [0.2, 0.25) is 0 Å². The van der Waals surface area contributed by atoms with E-state index < -0.39 is 0 Å². The molecule has 1 amide bonds. The van der Waals surface area contributed by atoms with Gasteiger partial charge in [0.25, 0.3) is 5.91 Å². The average Bonchev–Trinajstić information content (AvgIpc) is 3.25. The molecule has 0 aliphatic rings. The van der Waals surface area contributed by atoms with Crippen LogP contribution in [0.15, 0.2) is 90.0 Å². The number of benzene rings is 3. The van der Waals surface area contributed by atoms with Crippen molar-refractivity contribution >= 4 is 18.1 Å². The van der Waals surface area contributed by atoms with Gasteiger partial charge in [-0.05, 0) is 79.6 Å². The Morgan fingerprint density at radius 2 is 1.61 bits per heavy atom. The van der Waals surface area contributed by atoms with Crippen molar-refractivity contribution in [3.63, 3.8) is 0 Å². The van der Waals surface area contributed by atoms with E-state index in [1.54, 1.807) is 24.4 Å². The van der Waals surface area contributed by atoms with Gasteiger partial charge in [-0.15, -0.1) is 0 Å². The summed E-state index contributed by atoms with van der Waals surface area (Å²) in [5, 5.41) is 4.11. The van der Waals surface area contributed by atoms with Crippen LogP contribution in [0.2, 0.25) is 0 Å². The normalized spacial score (nSPS) is 10.9. The lowest BCUT2D eigenvalue weighted by Crippen LogP contribution is -2.18. The number of esters is 1. The van der Waals surface area contributed by atoms with Crippen LogP contribution in [0, 0.1) is 13.8 Å². The van der Waals surface area contributed by atoms with E-state index in [1.165, 1.54) is 7.11 Å². The number of methoxy groups -OCH3 is 1. The summed E-state index contributed by atoms with van der Waals surface area (Å²) in [6, 6.07) is 26.0. The van der Waals surface area contributed by atoms with Gasteiger partial charge in [-0.25, -0.2) is 10.2 Å². The zero-order valence-electron chi connectivity index (χ0n) is 20.4. The highest BCUT2D eigenvalue weighted by Gasteiger charge is 2.09. The monoisotopic (exact) mass is 481 g/mol. The van der Waals surface area contributed by atoms with Gasteiger partial charge in [0.1, 0.15) is 12.4 Å². The highest BCUT2D eigenvalue weighted by molar-refractivity contribution is 5.95. The lowest BCUT2D eigenvalue weighted by Gasteiger charge is -2.10. The minimum absolute atomic E-state index is 0.293. The number of carbonyl (C=O) groups excluding carboxylic acids is 2. The van der Waals surface area contributed by atoms with Gasteiger partial charge >= 0.3 is 5.97 Å². The van der Waals surface area contributed by atoms with E-state index >= 15 is 0 Å². The van der Waals surface area contributed by atoms with Crippen LogP contribution in [0.5, 0.6) is 5.75 Å². The largest absolute Gasteiger partial charge is 0.489 e. The number of carbonyl (C=O) groups is 2. The number of amides is 1. The Labute approximate surface area is 210 Å². The predicted molar refractivity (Wildman–Crippen MR) is 139 cm³/mol. The van der Waals surface area contributed by atoms with Crippen LogP contribution in [-0.4, -0.2) is 29.8 Å². The maximum absolute atomic E-state index is 12.7. The number of aromatic nitrogens is 1. The Balaban J connectivity index is 1.35. The second kappa shape index (κ2) is 11.2. The van der Waals surface area contributed by atoms with Gasteiger partial charge in [0, 0.05) is 22.6 Å². The molecule has 0 spiro atoms. The molecule has 4 rings (SSSR count). The molecule has 0 aliphatic heterocycles. The van der Waals surface area contributed by atoms with Gasteiger partial charge in [0.05, 0.1) is 18.9 Å². The fraction of sp³-hybridized carbons (Fsp3) is 0.138. The molecule has 0 saturated heterocycles. The highest BCUT2D eigenvalue weighted by Crippen LogP contribution is 2.18. The minimum Gasteiger partial charge on any atom is -0.489 e. The molecule has 0 aliphatic carbocycles. The predicted octanol–water partition coefficient (Wildman–Crippen LogP) is 5.22. The number of nitrogens with zero attached hydrogens (tertiary/aromatic N) is 2. The second-order valence-electron chi connectivity index (χ2n) is 8.25. The van der Waals surface area contributed by atoms with Crippen molar-refractivity contribution in [2.75, 3.05) is 7.11 Å². The fourth-order valence-electron chi connectivity index (χ4n) is 3.80. The number of nitrogens with one attached hydrogen (secondary N) is 1. The first kappa shape index (κ1) is 24.5. The van der Waals surface area contributed by atoms with Crippen molar-refractivity contribution in [2.24, 2.45) is 5.10 Å². The summed E-state index contributed by atoms with van der Waals surface area (Å²) in [5.74, 6) is -0.00815. The molecule has 1 heterocycles. The molecule has 4 aromatic rings. The van der Waals surface area contributed by atoms with Crippen molar-refractivity contribution in [3.8, 4) is 11.4 Å². The van der Waals surface area contributed by atoms with E-state index in [1.807, 2.05) is 80.6 Å². The molecule has 0 saturated carbocycles. The molecule has 7 nitrogen and oxygen atoms in total. The van der Waals surface area contributed by atoms with E-state index in [-0.39, 0.29) is 11.9 Å². The molecule has 7 heteroatoms. The maximum atomic E-state index is 12.7. The smallest absolute Gasteiger partial charge is 0.337 e. The van der Waals surface area contributed by atoms with Crippen LogP contribution in [-0.2, 0) is 11.3 Å². The number of hydrazone groups is 1.